The van der Waals surface area contributed by atoms with Crippen LogP contribution in [0, 0.1) is 10.1 Å². The summed E-state index contributed by atoms with van der Waals surface area (Å²) >= 11 is 5.74. The van der Waals surface area contributed by atoms with E-state index in [0.29, 0.717) is 23.7 Å². The van der Waals surface area contributed by atoms with Gasteiger partial charge in [-0.2, -0.15) is 0 Å². The number of hydrogen-bond acceptors (Lipinski definition) is 5. The smallest absolute Gasteiger partial charge is 0.277 e. The van der Waals surface area contributed by atoms with Crippen LogP contribution in [-0.2, 0) is 10.6 Å². The highest BCUT2D eigenvalue weighted by Crippen LogP contribution is 2.35. The fraction of sp³-hybridized carbons (Fsp3) is 0.571. The topological polar surface area (TPSA) is 70.8 Å². The monoisotopic (exact) mass is 315 g/mol. The zero-order valence-electron chi connectivity index (χ0n) is 11.8. The number of nitrogens with zero attached hydrogens (tertiary/aromatic N) is 1. The van der Waals surface area contributed by atoms with Gasteiger partial charge in [0.2, 0.25) is 0 Å². The predicted molar refractivity (Wildman–Crippen MR) is 78.3 cm³/mol. The van der Waals surface area contributed by atoms with Gasteiger partial charge >= 0.3 is 0 Å². The lowest BCUT2D eigenvalue weighted by molar-refractivity contribution is -0.385. The van der Waals surface area contributed by atoms with Crippen molar-refractivity contribution in [1.82, 2.24) is 0 Å². The van der Waals surface area contributed by atoms with E-state index in [1.807, 2.05) is 0 Å². The van der Waals surface area contributed by atoms with Crippen molar-refractivity contribution in [3.63, 3.8) is 0 Å². The third-order valence-electron chi connectivity index (χ3n) is 3.40. The fourth-order valence-corrected chi connectivity index (χ4v) is 2.48. The van der Waals surface area contributed by atoms with Gasteiger partial charge in [-0.1, -0.05) is 0 Å². The van der Waals surface area contributed by atoms with Crippen LogP contribution in [0.3, 0.4) is 0 Å². The number of alkyl halides is 1. The lowest BCUT2D eigenvalue weighted by Gasteiger charge is -2.23. The summed E-state index contributed by atoms with van der Waals surface area (Å²) in [7, 11) is 1.49. The van der Waals surface area contributed by atoms with Crippen molar-refractivity contribution < 1.29 is 19.1 Å². The van der Waals surface area contributed by atoms with E-state index >= 15 is 0 Å². The van der Waals surface area contributed by atoms with E-state index in [1.54, 1.807) is 6.07 Å². The third-order valence-corrected chi connectivity index (χ3v) is 3.69. The summed E-state index contributed by atoms with van der Waals surface area (Å²) in [5.74, 6) is 0.817. The van der Waals surface area contributed by atoms with Crippen molar-refractivity contribution in [2.45, 2.75) is 31.2 Å². The Kier molecular flexibility index (Phi) is 5.64. The summed E-state index contributed by atoms with van der Waals surface area (Å²) in [5.41, 5.74) is 0.338. The summed E-state index contributed by atoms with van der Waals surface area (Å²) in [4.78, 5) is 10.6. The van der Waals surface area contributed by atoms with Crippen LogP contribution in [0.25, 0.3) is 0 Å². The lowest BCUT2D eigenvalue weighted by atomic mass is 10.1. The van der Waals surface area contributed by atoms with Crippen LogP contribution >= 0.6 is 11.6 Å². The van der Waals surface area contributed by atoms with Crippen molar-refractivity contribution >= 4 is 17.3 Å². The quantitative estimate of drug-likeness (QED) is 0.457. The van der Waals surface area contributed by atoms with Gasteiger partial charge < -0.3 is 14.2 Å². The maximum Gasteiger partial charge on any atom is 0.277 e. The molecule has 1 atom stereocenters. The molecule has 0 amide bonds. The molecule has 1 aromatic carbocycles. The zero-order chi connectivity index (χ0) is 15.2. The molecule has 0 aliphatic carbocycles. The van der Waals surface area contributed by atoms with E-state index < -0.39 is 4.92 Å². The van der Waals surface area contributed by atoms with Crippen LogP contribution in [-0.4, -0.2) is 31.4 Å². The second-order valence-electron chi connectivity index (χ2n) is 4.82. The van der Waals surface area contributed by atoms with Crippen LogP contribution in [0.4, 0.5) is 5.69 Å². The van der Waals surface area contributed by atoms with Crippen molar-refractivity contribution in [2.24, 2.45) is 0 Å². The minimum absolute atomic E-state index is 0.0233. The van der Waals surface area contributed by atoms with Crippen molar-refractivity contribution in [3.8, 4) is 11.5 Å². The number of halogens is 1. The second-order valence-corrected chi connectivity index (χ2v) is 5.09. The highest BCUT2D eigenvalue weighted by atomic mass is 35.5. The summed E-state index contributed by atoms with van der Waals surface area (Å²) in [6.07, 6.45) is 3.13. The van der Waals surface area contributed by atoms with Crippen molar-refractivity contribution in [1.29, 1.82) is 0 Å². The molecule has 0 radical (unpaired) electrons. The number of hydrogen-bond donors (Lipinski definition) is 0. The Labute approximate surface area is 128 Å². The average Bonchev–Trinajstić information content (AvgIpc) is 2.52. The molecule has 6 nitrogen and oxygen atoms in total. The Morgan fingerprint density at radius 1 is 1.43 bits per heavy atom. The number of methoxy groups -OCH3 is 1. The normalized spacial score (nSPS) is 18.3. The first kappa shape index (κ1) is 15.9. The van der Waals surface area contributed by atoms with Gasteiger partial charge in [-0.05, 0) is 25.3 Å². The Morgan fingerprint density at radius 2 is 2.24 bits per heavy atom. The second kappa shape index (κ2) is 7.47. The average molecular weight is 316 g/mol. The number of benzene rings is 1. The van der Waals surface area contributed by atoms with Gasteiger partial charge in [-0.3, -0.25) is 10.1 Å². The number of ether oxygens (including phenoxy) is 3. The highest BCUT2D eigenvalue weighted by molar-refractivity contribution is 6.17. The van der Waals surface area contributed by atoms with Crippen LogP contribution < -0.4 is 9.47 Å². The van der Waals surface area contributed by atoms with E-state index in [4.69, 9.17) is 25.8 Å². The van der Waals surface area contributed by atoms with Gasteiger partial charge in [0.1, 0.15) is 6.61 Å². The SMILES string of the molecule is COc1cc(CCl)c([N+](=O)[O-])cc1OCC1CCCCO1. The molecule has 1 fully saturated rings. The van der Waals surface area contributed by atoms with E-state index in [2.05, 4.69) is 0 Å². The first-order chi connectivity index (χ1) is 10.2. The molecule has 1 aromatic rings. The standard InChI is InChI=1S/C14H18ClNO5/c1-19-13-6-10(8-15)12(16(17)18)7-14(13)21-9-11-4-2-3-5-20-11/h6-7,11H,2-5,8-9H2,1H3. The summed E-state index contributed by atoms with van der Waals surface area (Å²) < 4.78 is 16.5. The first-order valence-electron chi connectivity index (χ1n) is 6.81. The van der Waals surface area contributed by atoms with Crippen LogP contribution in [0.1, 0.15) is 24.8 Å². The van der Waals surface area contributed by atoms with Crippen LogP contribution in [0.2, 0.25) is 0 Å². The minimum Gasteiger partial charge on any atom is -0.493 e. The molecule has 7 heteroatoms. The predicted octanol–water partition coefficient (Wildman–Crippen LogP) is 3.29. The van der Waals surface area contributed by atoms with E-state index in [1.165, 1.54) is 13.2 Å². The molecule has 1 aliphatic rings. The summed E-state index contributed by atoms with van der Waals surface area (Å²) in [6, 6.07) is 2.90. The van der Waals surface area contributed by atoms with E-state index in [0.717, 1.165) is 25.9 Å². The Hall–Kier alpha value is -1.53. The molecule has 0 aromatic heterocycles. The molecule has 1 aliphatic heterocycles. The van der Waals surface area contributed by atoms with Gasteiger partial charge in [0.25, 0.3) is 5.69 Å². The number of nitro groups is 1. The molecule has 0 saturated carbocycles. The Bertz CT molecular complexity index is 502. The largest absolute Gasteiger partial charge is 0.493 e. The molecule has 1 unspecified atom stereocenters. The zero-order valence-corrected chi connectivity index (χ0v) is 12.6. The molecule has 0 bridgehead atoms. The molecular weight excluding hydrogens is 298 g/mol. The maximum absolute atomic E-state index is 11.1. The van der Waals surface area contributed by atoms with E-state index in [-0.39, 0.29) is 17.7 Å². The third kappa shape index (κ3) is 3.98. The molecule has 0 spiro atoms. The van der Waals surface area contributed by atoms with E-state index in [9.17, 15) is 10.1 Å². The lowest BCUT2D eigenvalue weighted by Crippen LogP contribution is -2.25. The van der Waals surface area contributed by atoms with Gasteiger partial charge in [0.15, 0.2) is 11.5 Å². The van der Waals surface area contributed by atoms with Gasteiger partial charge in [0, 0.05) is 12.2 Å². The minimum atomic E-state index is -0.471. The van der Waals surface area contributed by atoms with Gasteiger partial charge in [-0.15, -0.1) is 11.6 Å². The van der Waals surface area contributed by atoms with Crippen molar-refractivity contribution in [2.75, 3.05) is 20.3 Å². The van der Waals surface area contributed by atoms with Gasteiger partial charge in [-0.25, -0.2) is 0 Å². The maximum atomic E-state index is 11.1. The molecule has 0 N–H and O–H groups in total. The molecule has 116 valence electrons. The Balaban J connectivity index is 2.16. The molecule has 1 saturated heterocycles. The van der Waals surface area contributed by atoms with Gasteiger partial charge in [0.05, 0.1) is 30.1 Å². The first-order valence-corrected chi connectivity index (χ1v) is 7.34. The molecule has 21 heavy (non-hydrogen) atoms. The summed E-state index contributed by atoms with van der Waals surface area (Å²) in [6.45, 7) is 1.09. The van der Waals surface area contributed by atoms with Crippen molar-refractivity contribution in [3.05, 3.63) is 27.8 Å². The summed E-state index contributed by atoms with van der Waals surface area (Å²) in [5, 5.41) is 11.1. The molecular formula is C14H18ClNO5. The Morgan fingerprint density at radius 3 is 2.81 bits per heavy atom. The molecule has 2 rings (SSSR count). The number of nitro benzene ring substituents is 1. The fourth-order valence-electron chi connectivity index (χ4n) is 2.26. The molecule has 1 heterocycles. The van der Waals surface area contributed by atoms with Crippen LogP contribution in [0.15, 0.2) is 12.1 Å². The van der Waals surface area contributed by atoms with Crippen LogP contribution in [0.5, 0.6) is 11.5 Å². The number of rotatable bonds is 6. The highest BCUT2D eigenvalue weighted by Gasteiger charge is 2.21.